The molecule has 0 amide bonds. The van der Waals surface area contributed by atoms with Crippen LogP contribution in [0.1, 0.15) is 30.9 Å². The Balaban J connectivity index is 1.66. The second-order valence-electron chi connectivity index (χ2n) is 7.60. The van der Waals surface area contributed by atoms with Gasteiger partial charge in [-0.15, -0.1) is 0 Å². The molecule has 0 saturated carbocycles. The van der Waals surface area contributed by atoms with Gasteiger partial charge in [0.25, 0.3) is 0 Å². The summed E-state index contributed by atoms with van der Waals surface area (Å²) in [6.07, 6.45) is 0. The van der Waals surface area contributed by atoms with Gasteiger partial charge in [0, 0.05) is 0 Å². The molecule has 0 spiro atoms. The molecule has 29 heavy (non-hydrogen) atoms. The lowest BCUT2D eigenvalue weighted by atomic mass is 10.0. The van der Waals surface area contributed by atoms with Crippen LogP contribution in [-0.2, 0) is 6.54 Å². The topological polar surface area (TPSA) is 27.1 Å². The number of fused-ring (bicyclic) bond motifs is 1. The maximum absolute atomic E-state index is 14.5. The van der Waals surface area contributed by atoms with Crippen LogP contribution in [0.2, 0.25) is 0 Å². The van der Waals surface area contributed by atoms with Crippen LogP contribution >= 0.6 is 0 Å². The quantitative estimate of drug-likeness (QED) is 0.385. The van der Waals surface area contributed by atoms with Gasteiger partial charge in [0.1, 0.15) is 24.0 Å². The highest BCUT2D eigenvalue weighted by atomic mass is 19.1. The fourth-order valence-corrected chi connectivity index (χ4v) is 3.64. The number of ether oxygens (including phenoxy) is 1. The Hall–Kier alpha value is -3.14. The van der Waals surface area contributed by atoms with Crippen molar-refractivity contribution in [2.45, 2.75) is 33.2 Å². The third kappa shape index (κ3) is 3.88. The SMILES string of the molecule is Cc1ccc(C(C)C)c(OCCn2c(-c3ccccc3F)nc3ccccc32)c1. The molecule has 4 aromatic rings. The number of para-hydroxylation sites is 2. The van der Waals surface area contributed by atoms with Gasteiger partial charge in [-0.3, -0.25) is 0 Å². The summed E-state index contributed by atoms with van der Waals surface area (Å²) in [5, 5.41) is 0. The van der Waals surface area contributed by atoms with Gasteiger partial charge < -0.3 is 9.30 Å². The van der Waals surface area contributed by atoms with Crippen molar-refractivity contribution in [2.75, 3.05) is 6.61 Å². The van der Waals surface area contributed by atoms with Crippen LogP contribution in [-0.4, -0.2) is 16.2 Å². The molecule has 0 fully saturated rings. The van der Waals surface area contributed by atoms with E-state index >= 15 is 0 Å². The molecule has 0 saturated heterocycles. The highest BCUT2D eigenvalue weighted by Crippen LogP contribution is 2.29. The van der Waals surface area contributed by atoms with Crippen molar-refractivity contribution in [1.29, 1.82) is 0 Å². The number of aryl methyl sites for hydroxylation is 1. The first-order valence-electron chi connectivity index (χ1n) is 9.98. The van der Waals surface area contributed by atoms with Crippen molar-refractivity contribution >= 4 is 11.0 Å². The van der Waals surface area contributed by atoms with Gasteiger partial charge in [0.05, 0.1) is 23.1 Å². The van der Waals surface area contributed by atoms with E-state index in [2.05, 4.69) is 39.0 Å². The zero-order chi connectivity index (χ0) is 20.4. The van der Waals surface area contributed by atoms with Gasteiger partial charge in [0.15, 0.2) is 0 Å². The molecule has 3 nitrogen and oxygen atoms in total. The first-order valence-corrected chi connectivity index (χ1v) is 9.98. The Morgan fingerprint density at radius 1 is 1.00 bits per heavy atom. The number of imidazole rings is 1. The molecule has 0 aliphatic heterocycles. The Labute approximate surface area is 170 Å². The number of nitrogens with zero attached hydrogens (tertiary/aromatic N) is 2. The van der Waals surface area contributed by atoms with E-state index in [0.717, 1.165) is 16.8 Å². The van der Waals surface area contributed by atoms with E-state index < -0.39 is 0 Å². The molecule has 0 radical (unpaired) electrons. The first kappa shape index (κ1) is 19.2. The van der Waals surface area contributed by atoms with E-state index in [1.165, 1.54) is 17.2 Å². The van der Waals surface area contributed by atoms with E-state index in [1.54, 1.807) is 12.1 Å². The lowest BCUT2D eigenvalue weighted by Gasteiger charge is -2.16. The summed E-state index contributed by atoms with van der Waals surface area (Å²) in [7, 11) is 0. The van der Waals surface area contributed by atoms with Gasteiger partial charge in [-0.2, -0.15) is 0 Å². The van der Waals surface area contributed by atoms with Crippen molar-refractivity contribution in [3.05, 3.63) is 83.7 Å². The smallest absolute Gasteiger partial charge is 0.144 e. The van der Waals surface area contributed by atoms with Gasteiger partial charge in [-0.25, -0.2) is 9.37 Å². The van der Waals surface area contributed by atoms with E-state index in [4.69, 9.17) is 9.72 Å². The molecule has 0 aliphatic carbocycles. The highest BCUT2D eigenvalue weighted by molar-refractivity contribution is 5.80. The number of hydrogen-bond acceptors (Lipinski definition) is 2. The van der Waals surface area contributed by atoms with Crippen molar-refractivity contribution < 1.29 is 9.13 Å². The maximum atomic E-state index is 14.5. The van der Waals surface area contributed by atoms with Crippen molar-refractivity contribution in [3.63, 3.8) is 0 Å². The number of halogens is 1. The fourth-order valence-electron chi connectivity index (χ4n) is 3.64. The lowest BCUT2D eigenvalue weighted by molar-refractivity contribution is 0.296. The minimum absolute atomic E-state index is 0.272. The molecule has 1 heterocycles. The molecule has 4 heteroatoms. The number of hydrogen-bond donors (Lipinski definition) is 0. The molecule has 3 aromatic carbocycles. The fraction of sp³-hybridized carbons (Fsp3) is 0.240. The lowest BCUT2D eigenvalue weighted by Crippen LogP contribution is -2.11. The van der Waals surface area contributed by atoms with Crippen LogP contribution < -0.4 is 4.74 Å². The van der Waals surface area contributed by atoms with Crippen LogP contribution in [0.5, 0.6) is 5.75 Å². The second kappa shape index (κ2) is 8.08. The summed E-state index contributed by atoms with van der Waals surface area (Å²) < 4.78 is 22.7. The molecular weight excluding hydrogens is 363 g/mol. The molecular formula is C25H25FN2O. The Bertz CT molecular complexity index is 1150. The maximum Gasteiger partial charge on any atom is 0.144 e. The number of benzene rings is 3. The van der Waals surface area contributed by atoms with Crippen LogP contribution in [0.15, 0.2) is 66.7 Å². The molecule has 0 N–H and O–H groups in total. The third-order valence-electron chi connectivity index (χ3n) is 5.13. The van der Waals surface area contributed by atoms with Crippen molar-refractivity contribution in [3.8, 4) is 17.1 Å². The summed E-state index contributed by atoms with van der Waals surface area (Å²) in [5.74, 6) is 1.65. The summed E-state index contributed by atoms with van der Waals surface area (Å²) in [4.78, 5) is 4.70. The molecule has 0 unspecified atom stereocenters. The average molecular weight is 388 g/mol. The predicted molar refractivity (Wildman–Crippen MR) is 116 cm³/mol. The summed E-state index contributed by atoms with van der Waals surface area (Å²) in [5.41, 5.74) is 4.69. The van der Waals surface area contributed by atoms with Gasteiger partial charge in [-0.05, 0) is 54.3 Å². The minimum atomic E-state index is -0.272. The molecule has 4 rings (SSSR count). The number of aromatic nitrogens is 2. The Morgan fingerprint density at radius 3 is 2.55 bits per heavy atom. The molecule has 1 aromatic heterocycles. The summed E-state index contributed by atoms with van der Waals surface area (Å²) >= 11 is 0. The van der Waals surface area contributed by atoms with E-state index in [9.17, 15) is 4.39 Å². The highest BCUT2D eigenvalue weighted by Gasteiger charge is 2.16. The number of rotatable bonds is 6. The Kier molecular flexibility index (Phi) is 5.34. The summed E-state index contributed by atoms with van der Waals surface area (Å²) in [6, 6.07) is 21.0. The van der Waals surface area contributed by atoms with E-state index in [0.29, 0.717) is 30.5 Å². The van der Waals surface area contributed by atoms with Crippen LogP contribution in [0.3, 0.4) is 0 Å². The van der Waals surface area contributed by atoms with Crippen LogP contribution in [0, 0.1) is 12.7 Å². The predicted octanol–water partition coefficient (Wildman–Crippen LogP) is 6.35. The molecule has 148 valence electrons. The second-order valence-corrected chi connectivity index (χ2v) is 7.60. The zero-order valence-corrected chi connectivity index (χ0v) is 17.0. The first-order chi connectivity index (χ1) is 14.0. The van der Waals surface area contributed by atoms with Gasteiger partial charge in [0.2, 0.25) is 0 Å². The minimum Gasteiger partial charge on any atom is -0.491 e. The van der Waals surface area contributed by atoms with Crippen LogP contribution in [0.4, 0.5) is 4.39 Å². The molecule has 0 bridgehead atoms. The van der Waals surface area contributed by atoms with Crippen molar-refractivity contribution in [2.24, 2.45) is 0 Å². The monoisotopic (exact) mass is 388 g/mol. The van der Waals surface area contributed by atoms with Crippen molar-refractivity contribution in [1.82, 2.24) is 9.55 Å². The largest absolute Gasteiger partial charge is 0.491 e. The average Bonchev–Trinajstić information content (AvgIpc) is 3.07. The standard InChI is InChI=1S/C25H25FN2O/c1-17(2)19-13-12-18(3)16-24(19)29-15-14-28-23-11-7-6-10-22(23)27-25(28)20-8-4-5-9-21(20)26/h4-13,16-17H,14-15H2,1-3H3. The molecule has 0 aliphatic rings. The Morgan fingerprint density at radius 2 is 1.76 bits per heavy atom. The van der Waals surface area contributed by atoms with E-state index in [1.807, 2.05) is 34.9 Å². The van der Waals surface area contributed by atoms with Crippen LogP contribution in [0.25, 0.3) is 22.4 Å². The normalized spacial score (nSPS) is 11.3. The third-order valence-corrected chi connectivity index (χ3v) is 5.13. The van der Waals surface area contributed by atoms with E-state index in [-0.39, 0.29) is 5.82 Å². The van der Waals surface area contributed by atoms with Gasteiger partial charge in [-0.1, -0.05) is 50.2 Å². The summed E-state index contributed by atoms with van der Waals surface area (Å²) in [6.45, 7) is 7.45. The zero-order valence-electron chi connectivity index (χ0n) is 17.0. The van der Waals surface area contributed by atoms with Gasteiger partial charge >= 0.3 is 0 Å². The molecule has 0 atom stereocenters.